The Kier molecular flexibility index (Phi) is 14.0. The van der Waals surface area contributed by atoms with Gasteiger partial charge in [-0.05, 0) is 18.9 Å². The topological polar surface area (TPSA) is 17.1 Å². The lowest BCUT2D eigenvalue weighted by molar-refractivity contribution is 0.552. The summed E-state index contributed by atoms with van der Waals surface area (Å²) in [4.78, 5) is 9.90. The molecule has 0 fully saturated rings. The van der Waals surface area contributed by atoms with Crippen LogP contribution in [0.2, 0.25) is 0 Å². The Morgan fingerprint density at radius 3 is 1.62 bits per heavy atom. The Balaban J connectivity index is 2.90. The van der Waals surface area contributed by atoms with E-state index in [2.05, 4.69) is 6.92 Å². The molecule has 93 valence electrons. The summed E-state index contributed by atoms with van der Waals surface area (Å²) in [6.07, 6.45) is 16.9. The highest BCUT2D eigenvalue weighted by Gasteiger charge is 1.92. The average molecular weight is 223 g/mol. The molecule has 0 atom stereocenters. The molecule has 0 aromatic rings. The first-order chi connectivity index (χ1) is 7.91. The van der Waals surface area contributed by atoms with Crippen LogP contribution in [0.4, 0.5) is 0 Å². The SMILES string of the molecule is [CH2]CCCCCCCCCCCCC=C=O. The minimum atomic E-state index is 0.911. The van der Waals surface area contributed by atoms with Crippen LogP contribution >= 0.6 is 0 Å². The molecule has 0 rings (SSSR count). The van der Waals surface area contributed by atoms with Gasteiger partial charge in [0.1, 0.15) is 5.94 Å². The third-order valence-electron chi connectivity index (χ3n) is 2.93. The van der Waals surface area contributed by atoms with Crippen LogP contribution in [0, 0.1) is 6.92 Å². The van der Waals surface area contributed by atoms with Gasteiger partial charge in [-0.3, -0.25) is 0 Å². The van der Waals surface area contributed by atoms with Crippen LogP contribution in [0.1, 0.15) is 77.0 Å². The van der Waals surface area contributed by atoms with Crippen molar-refractivity contribution in [1.82, 2.24) is 0 Å². The summed E-state index contributed by atoms with van der Waals surface area (Å²) >= 11 is 0. The van der Waals surface area contributed by atoms with Gasteiger partial charge in [0.2, 0.25) is 0 Å². The van der Waals surface area contributed by atoms with E-state index in [9.17, 15) is 4.79 Å². The zero-order valence-electron chi connectivity index (χ0n) is 10.7. The highest BCUT2D eigenvalue weighted by atomic mass is 16.1. The molecule has 0 N–H and O–H groups in total. The van der Waals surface area contributed by atoms with Crippen molar-refractivity contribution >= 4 is 5.94 Å². The van der Waals surface area contributed by atoms with Crippen molar-refractivity contribution < 1.29 is 4.79 Å². The van der Waals surface area contributed by atoms with Gasteiger partial charge in [0.05, 0.1) is 0 Å². The molecule has 0 saturated carbocycles. The van der Waals surface area contributed by atoms with Gasteiger partial charge in [0.25, 0.3) is 0 Å². The summed E-state index contributed by atoms with van der Waals surface area (Å²) in [5.74, 6) is 1.82. The molecular formula is C15H27O. The van der Waals surface area contributed by atoms with E-state index in [1.54, 1.807) is 6.08 Å². The average Bonchev–Trinajstić information content (AvgIpc) is 2.31. The molecule has 0 saturated heterocycles. The summed E-state index contributed by atoms with van der Waals surface area (Å²) in [6, 6.07) is 0. The fourth-order valence-electron chi connectivity index (χ4n) is 1.90. The van der Waals surface area contributed by atoms with Crippen LogP contribution in [-0.2, 0) is 4.79 Å². The molecule has 0 unspecified atom stereocenters. The fourth-order valence-corrected chi connectivity index (χ4v) is 1.90. The third-order valence-corrected chi connectivity index (χ3v) is 2.93. The molecule has 0 bridgehead atoms. The summed E-state index contributed by atoms with van der Waals surface area (Å²) in [5.41, 5.74) is 0. The molecule has 0 aliphatic rings. The summed E-state index contributed by atoms with van der Waals surface area (Å²) in [7, 11) is 0. The minimum absolute atomic E-state index is 0.911. The van der Waals surface area contributed by atoms with E-state index in [-0.39, 0.29) is 0 Å². The number of hydrogen-bond donors (Lipinski definition) is 0. The summed E-state index contributed by atoms with van der Waals surface area (Å²) < 4.78 is 0. The summed E-state index contributed by atoms with van der Waals surface area (Å²) in [6.45, 7) is 3.85. The van der Waals surface area contributed by atoms with E-state index in [0.29, 0.717) is 0 Å². The van der Waals surface area contributed by atoms with Crippen LogP contribution in [0.3, 0.4) is 0 Å². The number of carbonyl (C=O) groups excluding carboxylic acids is 1. The lowest BCUT2D eigenvalue weighted by Gasteiger charge is -2.01. The zero-order chi connectivity index (χ0) is 11.9. The molecule has 0 aliphatic heterocycles. The number of hydrogen-bond acceptors (Lipinski definition) is 1. The summed E-state index contributed by atoms with van der Waals surface area (Å²) in [5, 5.41) is 0. The number of allylic oxidation sites excluding steroid dienone is 1. The smallest absolute Gasteiger partial charge is 0.120 e. The van der Waals surface area contributed by atoms with Crippen molar-refractivity contribution in [2.45, 2.75) is 77.0 Å². The molecule has 0 amide bonds. The Bertz CT molecular complexity index is 168. The predicted molar refractivity (Wildman–Crippen MR) is 71.0 cm³/mol. The maximum atomic E-state index is 9.90. The molecule has 16 heavy (non-hydrogen) atoms. The molecule has 1 heteroatoms. The minimum Gasteiger partial charge on any atom is -0.234 e. The van der Waals surface area contributed by atoms with E-state index >= 15 is 0 Å². The Hall–Kier alpha value is -0.550. The maximum Gasteiger partial charge on any atom is 0.120 e. The van der Waals surface area contributed by atoms with Gasteiger partial charge in [-0.1, -0.05) is 71.1 Å². The number of rotatable bonds is 12. The first-order valence-corrected chi connectivity index (χ1v) is 6.90. The molecule has 0 aliphatic carbocycles. The Morgan fingerprint density at radius 2 is 1.19 bits per heavy atom. The van der Waals surface area contributed by atoms with E-state index in [1.165, 1.54) is 57.8 Å². The van der Waals surface area contributed by atoms with E-state index in [4.69, 9.17) is 0 Å². The monoisotopic (exact) mass is 223 g/mol. The van der Waals surface area contributed by atoms with Crippen molar-refractivity contribution in [3.05, 3.63) is 13.0 Å². The highest BCUT2D eigenvalue weighted by Crippen LogP contribution is 2.11. The van der Waals surface area contributed by atoms with Gasteiger partial charge in [-0.15, -0.1) is 0 Å². The normalized spacial score (nSPS) is 10.1. The lowest BCUT2D eigenvalue weighted by Crippen LogP contribution is -1.81. The van der Waals surface area contributed by atoms with Crippen molar-refractivity contribution in [1.29, 1.82) is 0 Å². The van der Waals surface area contributed by atoms with Crippen molar-refractivity contribution in [2.75, 3.05) is 0 Å². The van der Waals surface area contributed by atoms with Gasteiger partial charge < -0.3 is 0 Å². The van der Waals surface area contributed by atoms with E-state index in [0.717, 1.165) is 19.3 Å². The Labute approximate surface area is 101 Å². The van der Waals surface area contributed by atoms with Gasteiger partial charge in [-0.25, -0.2) is 4.79 Å². The van der Waals surface area contributed by atoms with Gasteiger partial charge in [0, 0.05) is 0 Å². The van der Waals surface area contributed by atoms with E-state index < -0.39 is 0 Å². The van der Waals surface area contributed by atoms with Crippen LogP contribution in [0.5, 0.6) is 0 Å². The quantitative estimate of drug-likeness (QED) is 0.340. The van der Waals surface area contributed by atoms with Gasteiger partial charge >= 0.3 is 0 Å². The van der Waals surface area contributed by atoms with E-state index in [1.807, 2.05) is 5.94 Å². The zero-order valence-corrected chi connectivity index (χ0v) is 10.7. The lowest BCUT2D eigenvalue weighted by atomic mass is 10.1. The van der Waals surface area contributed by atoms with Crippen molar-refractivity contribution in [3.8, 4) is 0 Å². The Morgan fingerprint density at radius 1 is 0.750 bits per heavy atom. The standard InChI is InChI=1S/C15H27O/c1-2-3-4-5-6-7-8-9-10-11-12-13-14-15-16/h14H,1-13H2. The molecule has 1 radical (unpaired) electrons. The molecule has 0 aromatic carbocycles. The van der Waals surface area contributed by atoms with Crippen molar-refractivity contribution in [3.63, 3.8) is 0 Å². The van der Waals surface area contributed by atoms with Crippen molar-refractivity contribution in [2.24, 2.45) is 0 Å². The van der Waals surface area contributed by atoms with Crippen LogP contribution < -0.4 is 0 Å². The number of unbranched alkanes of at least 4 members (excludes halogenated alkanes) is 11. The molecule has 1 nitrogen and oxygen atoms in total. The second-order valence-electron chi connectivity index (χ2n) is 4.50. The second kappa shape index (κ2) is 14.5. The van der Waals surface area contributed by atoms with Gasteiger partial charge in [0.15, 0.2) is 0 Å². The maximum absolute atomic E-state index is 9.90. The van der Waals surface area contributed by atoms with Crippen LogP contribution in [0.25, 0.3) is 0 Å². The molecule has 0 heterocycles. The first kappa shape index (κ1) is 15.4. The van der Waals surface area contributed by atoms with Crippen LogP contribution in [0.15, 0.2) is 6.08 Å². The largest absolute Gasteiger partial charge is 0.234 e. The molecular weight excluding hydrogens is 196 g/mol. The third kappa shape index (κ3) is 13.4. The second-order valence-corrected chi connectivity index (χ2v) is 4.50. The molecule has 0 spiro atoms. The predicted octanol–water partition coefficient (Wildman–Crippen LogP) is 4.89. The fraction of sp³-hybridized carbons (Fsp3) is 0.800. The molecule has 0 aromatic heterocycles. The van der Waals surface area contributed by atoms with Crippen LogP contribution in [-0.4, -0.2) is 5.94 Å². The van der Waals surface area contributed by atoms with Gasteiger partial charge in [-0.2, -0.15) is 0 Å². The highest BCUT2D eigenvalue weighted by molar-refractivity contribution is 5.44. The first-order valence-electron chi connectivity index (χ1n) is 6.90.